The van der Waals surface area contributed by atoms with E-state index in [0.29, 0.717) is 5.92 Å². The van der Waals surface area contributed by atoms with Crippen molar-refractivity contribution < 1.29 is 8.78 Å². The van der Waals surface area contributed by atoms with Crippen molar-refractivity contribution >= 4 is 0 Å². The minimum absolute atomic E-state index is 0.575. The molecule has 12 heavy (non-hydrogen) atoms. The Morgan fingerprint density at radius 1 is 1.50 bits per heavy atom. The van der Waals surface area contributed by atoms with Crippen LogP contribution in [-0.4, -0.2) is 30.0 Å². The summed E-state index contributed by atoms with van der Waals surface area (Å²) in [5.41, 5.74) is -0.694. The molecule has 2 aliphatic heterocycles. The van der Waals surface area contributed by atoms with Crippen molar-refractivity contribution in [1.29, 1.82) is 0 Å². The molecule has 0 amide bonds. The molecule has 1 nitrogen and oxygen atoms in total. The molecule has 0 atom stereocenters. The van der Waals surface area contributed by atoms with Gasteiger partial charge in [0.05, 0.1) is 5.54 Å². The summed E-state index contributed by atoms with van der Waals surface area (Å²) in [5.74, 6) is 0.575. The minimum atomic E-state index is -2.14. The number of hydrogen-bond donors (Lipinski definition) is 0. The topological polar surface area (TPSA) is 3.24 Å². The lowest BCUT2D eigenvalue weighted by Gasteiger charge is -2.41. The Labute approximate surface area is 71.7 Å². The van der Waals surface area contributed by atoms with Crippen LogP contribution in [0, 0.1) is 5.92 Å². The number of alkyl halides is 2. The fourth-order valence-corrected chi connectivity index (χ4v) is 2.72. The maximum absolute atomic E-state index is 12.7. The van der Waals surface area contributed by atoms with Gasteiger partial charge in [-0.15, -0.1) is 0 Å². The molecule has 3 rings (SSSR count). The van der Waals surface area contributed by atoms with Crippen molar-refractivity contribution in [3.63, 3.8) is 0 Å². The van der Waals surface area contributed by atoms with Gasteiger partial charge in [0, 0.05) is 6.54 Å². The second-order valence-electron chi connectivity index (χ2n) is 4.12. The van der Waals surface area contributed by atoms with Gasteiger partial charge in [0.1, 0.15) is 0 Å². The Hall–Kier alpha value is -0.180. The van der Waals surface area contributed by atoms with Gasteiger partial charge in [0.15, 0.2) is 0 Å². The second kappa shape index (κ2) is 2.66. The molecule has 0 aromatic carbocycles. The average molecular weight is 175 g/mol. The molecule has 0 aromatic rings. The van der Waals surface area contributed by atoms with E-state index in [1.54, 1.807) is 0 Å². The van der Waals surface area contributed by atoms with E-state index in [1.807, 2.05) is 4.90 Å². The molecule has 1 aliphatic carbocycles. The number of nitrogens with zero attached hydrogens (tertiary/aromatic N) is 1. The van der Waals surface area contributed by atoms with E-state index in [-0.39, 0.29) is 0 Å². The third-order valence-corrected chi connectivity index (χ3v) is 3.29. The SMILES string of the molecule is CCCN1CC2CC1(C(F)F)C2. The smallest absolute Gasteiger partial charge is 0.256 e. The fraction of sp³-hybridized carbons (Fsp3) is 1.00. The van der Waals surface area contributed by atoms with Gasteiger partial charge in [0.2, 0.25) is 0 Å². The maximum Gasteiger partial charge on any atom is 0.256 e. The van der Waals surface area contributed by atoms with Crippen LogP contribution >= 0.6 is 0 Å². The zero-order valence-corrected chi connectivity index (χ0v) is 7.39. The van der Waals surface area contributed by atoms with Gasteiger partial charge < -0.3 is 0 Å². The van der Waals surface area contributed by atoms with Crippen LogP contribution in [0.1, 0.15) is 26.2 Å². The maximum atomic E-state index is 12.7. The molecule has 3 aliphatic rings. The highest BCUT2D eigenvalue weighted by atomic mass is 19.3. The van der Waals surface area contributed by atoms with Crippen molar-refractivity contribution in [2.24, 2.45) is 5.92 Å². The van der Waals surface area contributed by atoms with Gasteiger partial charge in [-0.05, 0) is 31.7 Å². The Morgan fingerprint density at radius 3 is 2.67 bits per heavy atom. The molecule has 70 valence electrons. The quantitative estimate of drug-likeness (QED) is 0.635. The molecule has 0 aromatic heterocycles. The van der Waals surface area contributed by atoms with E-state index in [0.717, 1.165) is 32.4 Å². The van der Waals surface area contributed by atoms with E-state index in [1.165, 1.54) is 0 Å². The van der Waals surface area contributed by atoms with Crippen LogP contribution in [-0.2, 0) is 0 Å². The third kappa shape index (κ3) is 0.920. The summed E-state index contributed by atoms with van der Waals surface area (Å²) in [5, 5.41) is 0. The Kier molecular flexibility index (Phi) is 1.86. The second-order valence-corrected chi connectivity index (χ2v) is 4.12. The monoisotopic (exact) mass is 175 g/mol. The molecule has 0 unspecified atom stereocenters. The summed E-state index contributed by atoms with van der Waals surface area (Å²) in [4.78, 5) is 2.00. The van der Waals surface area contributed by atoms with Crippen molar-refractivity contribution in [2.75, 3.05) is 13.1 Å². The molecular formula is C9H15F2N. The molecule has 1 saturated carbocycles. The first-order valence-electron chi connectivity index (χ1n) is 4.72. The molecule has 0 spiro atoms. The van der Waals surface area contributed by atoms with Gasteiger partial charge in [-0.3, -0.25) is 4.90 Å². The molecule has 0 radical (unpaired) electrons. The van der Waals surface area contributed by atoms with Crippen molar-refractivity contribution in [2.45, 2.75) is 38.2 Å². The number of rotatable bonds is 3. The first-order valence-corrected chi connectivity index (χ1v) is 4.72. The highest BCUT2D eigenvalue weighted by Gasteiger charge is 2.60. The van der Waals surface area contributed by atoms with Crippen LogP contribution in [0.2, 0.25) is 0 Å². The van der Waals surface area contributed by atoms with Crippen LogP contribution in [0.4, 0.5) is 8.78 Å². The van der Waals surface area contributed by atoms with Gasteiger partial charge in [0.25, 0.3) is 6.43 Å². The minimum Gasteiger partial charge on any atom is -0.292 e. The zero-order chi connectivity index (χ0) is 8.77. The van der Waals surface area contributed by atoms with Gasteiger partial charge in [-0.25, -0.2) is 8.78 Å². The first-order chi connectivity index (χ1) is 5.69. The lowest BCUT2D eigenvalue weighted by molar-refractivity contribution is -0.0549. The standard InChI is InChI=1S/C9H15F2N/c1-2-3-12-6-7-4-9(12,5-7)8(10)11/h7-8H,2-6H2,1H3. The van der Waals surface area contributed by atoms with E-state index in [2.05, 4.69) is 6.92 Å². The predicted molar refractivity (Wildman–Crippen MR) is 43.3 cm³/mol. The molecular weight excluding hydrogens is 160 g/mol. The molecule has 2 saturated heterocycles. The normalized spacial score (nSPS) is 40.5. The van der Waals surface area contributed by atoms with E-state index >= 15 is 0 Å². The number of fused-ring (bicyclic) bond motifs is 1. The molecule has 2 bridgehead atoms. The van der Waals surface area contributed by atoms with Crippen molar-refractivity contribution in [1.82, 2.24) is 4.90 Å². The number of hydrogen-bond acceptors (Lipinski definition) is 1. The van der Waals surface area contributed by atoms with E-state index in [9.17, 15) is 8.78 Å². The molecule has 3 heteroatoms. The van der Waals surface area contributed by atoms with Gasteiger partial charge in [-0.2, -0.15) is 0 Å². The lowest BCUT2D eigenvalue weighted by atomic mass is 9.73. The first kappa shape index (κ1) is 8.42. The van der Waals surface area contributed by atoms with Crippen molar-refractivity contribution in [3.8, 4) is 0 Å². The Morgan fingerprint density at radius 2 is 2.17 bits per heavy atom. The lowest BCUT2D eigenvalue weighted by Crippen LogP contribution is -2.52. The summed E-state index contributed by atoms with van der Waals surface area (Å²) in [6.07, 6.45) is 0.332. The summed E-state index contributed by atoms with van der Waals surface area (Å²) >= 11 is 0. The van der Waals surface area contributed by atoms with Crippen LogP contribution in [0.15, 0.2) is 0 Å². The largest absolute Gasteiger partial charge is 0.292 e. The van der Waals surface area contributed by atoms with Crippen LogP contribution < -0.4 is 0 Å². The predicted octanol–water partition coefficient (Wildman–Crippen LogP) is 2.13. The Bertz CT molecular complexity index is 175. The van der Waals surface area contributed by atoms with Crippen LogP contribution in [0.3, 0.4) is 0 Å². The molecule has 0 N–H and O–H groups in total. The summed E-state index contributed by atoms with van der Waals surface area (Å²) in [6, 6.07) is 0. The molecule has 2 heterocycles. The summed E-state index contributed by atoms with van der Waals surface area (Å²) in [7, 11) is 0. The third-order valence-electron chi connectivity index (χ3n) is 3.29. The van der Waals surface area contributed by atoms with Crippen LogP contribution in [0.25, 0.3) is 0 Å². The summed E-state index contributed by atoms with van der Waals surface area (Å²) < 4.78 is 25.4. The summed E-state index contributed by atoms with van der Waals surface area (Å²) in [6.45, 7) is 3.81. The van der Waals surface area contributed by atoms with E-state index < -0.39 is 12.0 Å². The average Bonchev–Trinajstić information content (AvgIpc) is 2.40. The van der Waals surface area contributed by atoms with Crippen LogP contribution in [0.5, 0.6) is 0 Å². The van der Waals surface area contributed by atoms with Crippen molar-refractivity contribution in [3.05, 3.63) is 0 Å². The fourth-order valence-electron chi connectivity index (χ4n) is 2.72. The highest BCUT2D eigenvalue weighted by Crippen LogP contribution is 2.53. The van der Waals surface area contributed by atoms with E-state index in [4.69, 9.17) is 0 Å². The molecule has 3 fully saturated rings. The highest BCUT2D eigenvalue weighted by molar-refractivity contribution is 5.11. The number of halogens is 2. The Balaban J connectivity index is 2.06. The van der Waals surface area contributed by atoms with Gasteiger partial charge in [-0.1, -0.05) is 6.92 Å². The van der Waals surface area contributed by atoms with Gasteiger partial charge >= 0.3 is 0 Å². The zero-order valence-electron chi connectivity index (χ0n) is 7.39.